The molecule has 0 aliphatic rings. The number of ether oxygens (including phenoxy) is 1. The van der Waals surface area contributed by atoms with Crippen molar-refractivity contribution >= 4 is 33.5 Å². The Morgan fingerprint density at radius 1 is 0.967 bits per heavy atom. The molecule has 4 aromatic rings. The van der Waals surface area contributed by atoms with Gasteiger partial charge >= 0.3 is 0 Å². The van der Waals surface area contributed by atoms with Crippen molar-refractivity contribution in [3.05, 3.63) is 95.1 Å². The van der Waals surface area contributed by atoms with E-state index in [4.69, 9.17) is 10.5 Å². The van der Waals surface area contributed by atoms with Crippen molar-refractivity contribution in [3.63, 3.8) is 0 Å². The zero-order valence-electron chi connectivity index (χ0n) is 15.7. The predicted octanol–water partition coefficient (Wildman–Crippen LogP) is 5.54. The fraction of sp³-hybridized carbons (Fsp3) is 0. The lowest BCUT2D eigenvalue weighted by Gasteiger charge is -2.13. The first-order chi connectivity index (χ1) is 14.6. The van der Waals surface area contributed by atoms with Gasteiger partial charge in [-0.1, -0.05) is 52.3 Å². The molecule has 0 saturated carbocycles. The van der Waals surface area contributed by atoms with Crippen LogP contribution in [0.3, 0.4) is 0 Å². The second-order valence-corrected chi connectivity index (χ2v) is 7.31. The van der Waals surface area contributed by atoms with Crippen LogP contribution in [0.25, 0.3) is 11.3 Å². The molecule has 30 heavy (non-hydrogen) atoms. The number of nitrogens with zero attached hydrogens (tertiary/aromatic N) is 2. The normalized spacial score (nSPS) is 10.4. The van der Waals surface area contributed by atoms with Crippen molar-refractivity contribution in [1.82, 2.24) is 9.97 Å². The maximum atomic E-state index is 11.5. The minimum Gasteiger partial charge on any atom is -0.453 e. The highest BCUT2D eigenvalue weighted by Crippen LogP contribution is 2.33. The number of halogens is 1. The molecule has 0 bridgehead atoms. The van der Waals surface area contributed by atoms with Gasteiger partial charge in [-0.3, -0.25) is 4.79 Å². The summed E-state index contributed by atoms with van der Waals surface area (Å²) in [4.78, 5) is 20.5. The van der Waals surface area contributed by atoms with Crippen LogP contribution in [0.2, 0.25) is 0 Å². The van der Waals surface area contributed by atoms with Gasteiger partial charge in [0.1, 0.15) is 11.4 Å². The summed E-state index contributed by atoms with van der Waals surface area (Å²) in [7, 11) is 0. The van der Waals surface area contributed by atoms with E-state index in [1.165, 1.54) is 0 Å². The van der Waals surface area contributed by atoms with Gasteiger partial charge < -0.3 is 15.8 Å². The SMILES string of the molecule is NC(=O)c1cccc(Oc2cnc(Nc3ccccc3)nc2-c2ccc(Br)cc2)c1. The number of nitrogens with two attached hydrogens (primary N) is 1. The van der Waals surface area contributed by atoms with Gasteiger partial charge in [0, 0.05) is 21.3 Å². The third kappa shape index (κ3) is 4.64. The molecule has 1 amide bonds. The van der Waals surface area contributed by atoms with Crippen LogP contribution in [0.15, 0.2) is 89.5 Å². The quantitative estimate of drug-likeness (QED) is 0.394. The number of benzene rings is 3. The zero-order valence-corrected chi connectivity index (χ0v) is 17.3. The smallest absolute Gasteiger partial charge is 0.248 e. The van der Waals surface area contributed by atoms with Crippen LogP contribution < -0.4 is 15.8 Å². The number of aromatic nitrogens is 2. The van der Waals surface area contributed by atoms with Crippen LogP contribution in [-0.4, -0.2) is 15.9 Å². The average Bonchev–Trinajstić information content (AvgIpc) is 2.76. The first-order valence-corrected chi connectivity index (χ1v) is 9.90. The Balaban J connectivity index is 1.72. The monoisotopic (exact) mass is 460 g/mol. The third-order valence-electron chi connectivity index (χ3n) is 4.25. The number of carbonyl (C=O) groups excluding carboxylic acids is 1. The Morgan fingerprint density at radius 2 is 1.73 bits per heavy atom. The molecule has 0 atom stereocenters. The molecule has 3 N–H and O–H groups in total. The zero-order chi connectivity index (χ0) is 20.9. The van der Waals surface area contributed by atoms with Gasteiger partial charge in [0.05, 0.1) is 6.20 Å². The van der Waals surface area contributed by atoms with Crippen molar-refractivity contribution < 1.29 is 9.53 Å². The van der Waals surface area contributed by atoms with Crippen molar-refractivity contribution in [2.45, 2.75) is 0 Å². The summed E-state index contributed by atoms with van der Waals surface area (Å²) in [6, 6.07) is 24.1. The topological polar surface area (TPSA) is 90.1 Å². The van der Waals surface area contributed by atoms with Crippen molar-refractivity contribution in [2.24, 2.45) is 5.73 Å². The molecule has 0 unspecified atom stereocenters. The van der Waals surface area contributed by atoms with E-state index < -0.39 is 5.91 Å². The lowest BCUT2D eigenvalue weighted by atomic mass is 10.1. The first kappa shape index (κ1) is 19.6. The summed E-state index contributed by atoms with van der Waals surface area (Å²) in [5.41, 5.74) is 8.08. The van der Waals surface area contributed by atoms with E-state index in [9.17, 15) is 4.79 Å². The summed E-state index contributed by atoms with van der Waals surface area (Å²) in [6.45, 7) is 0. The van der Waals surface area contributed by atoms with Gasteiger partial charge in [0.15, 0.2) is 5.75 Å². The molecular formula is C23H17BrN4O2. The van der Waals surface area contributed by atoms with Gasteiger partial charge in [-0.25, -0.2) is 9.97 Å². The molecule has 4 rings (SSSR count). The highest BCUT2D eigenvalue weighted by molar-refractivity contribution is 9.10. The first-order valence-electron chi connectivity index (χ1n) is 9.11. The number of amides is 1. The molecule has 0 aliphatic carbocycles. The van der Waals surface area contributed by atoms with Crippen LogP contribution in [0, 0.1) is 0 Å². The maximum absolute atomic E-state index is 11.5. The molecule has 0 saturated heterocycles. The number of rotatable bonds is 6. The molecule has 0 fully saturated rings. The molecule has 0 spiro atoms. The van der Waals surface area contributed by atoms with E-state index in [1.807, 2.05) is 54.6 Å². The molecule has 0 aliphatic heterocycles. The summed E-state index contributed by atoms with van der Waals surface area (Å²) in [6.07, 6.45) is 1.60. The minimum absolute atomic E-state index is 0.362. The number of carbonyl (C=O) groups is 1. The third-order valence-corrected chi connectivity index (χ3v) is 4.78. The van der Waals surface area contributed by atoms with Crippen LogP contribution in [0.1, 0.15) is 10.4 Å². The molecule has 6 nitrogen and oxygen atoms in total. The minimum atomic E-state index is -0.521. The largest absolute Gasteiger partial charge is 0.453 e. The summed E-state index contributed by atoms with van der Waals surface area (Å²) in [5.74, 6) is 0.846. The van der Waals surface area contributed by atoms with Crippen LogP contribution in [0.5, 0.6) is 11.5 Å². The Kier molecular flexibility index (Phi) is 5.72. The standard InChI is InChI=1S/C23H17BrN4O2/c24-17-11-9-15(10-12-17)21-20(30-19-8-4-5-16(13-19)22(25)29)14-26-23(28-21)27-18-6-2-1-3-7-18/h1-14H,(H2,25,29)(H,26,27,28). The number of primary amides is 1. The molecule has 148 valence electrons. The average molecular weight is 461 g/mol. The van der Waals surface area contributed by atoms with E-state index in [1.54, 1.807) is 30.5 Å². The Hall–Kier alpha value is -3.71. The van der Waals surface area contributed by atoms with Crippen molar-refractivity contribution in [1.29, 1.82) is 0 Å². The number of hydrogen-bond donors (Lipinski definition) is 2. The summed E-state index contributed by atoms with van der Waals surface area (Å²) in [5, 5.41) is 3.19. The second kappa shape index (κ2) is 8.75. The maximum Gasteiger partial charge on any atom is 0.248 e. The van der Waals surface area contributed by atoms with E-state index in [0.717, 1.165) is 15.7 Å². The summed E-state index contributed by atoms with van der Waals surface area (Å²) >= 11 is 3.45. The number of hydrogen-bond acceptors (Lipinski definition) is 5. The lowest BCUT2D eigenvalue weighted by molar-refractivity contribution is 0.1000. The fourth-order valence-electron chi connectivity index (χ4n) is 2.81. The summed E-state index contributed by atoms with van der Waals surface area (Å²) < 4.78 is 6.98. The Bertz CT molecular complexity index is 1180. The number of para-hydroxylation sites is 1. The van der Waals surface area contributed by atoms with Crippen LogP contribution >= 0.6 is 15.9 Å². The molecular weight excluding hydrogens is 444 g/mol. The van der Waals surface area contributed by atoms with Gasteiger partial charge in [-0.2, -0.15) is 0 Å². The van der Waals surface area contributed by atoms with E-state index >= 15 is 0 Å². The van der Waals surface area contributed by atoms with E-state index in [2.05, 4.69) is 31.2 Å². The Labute approximate surface area is 181 Å². The Morgan fingerprint density at radius 3 is 2.47 bits per heavy atom. The molecule has 3 aromatic carbocycles. The van der Waals surface area contributed by atoms with E-state index in [-0.39, 0.29) is 0 Å². The van der Waals surface area contributed by atoms with Gasteiger partial charge in [0.25, 0.3) is 0 Å². The van der Waals surface area contributed by atoms with Crippen LogP contribution in [0.4, 0.5) is 11.6 Å². The highest BCUT2D eigenvalue weighted by Gasteiger charge is 2.13. The predicted molar refractivity (Wildman–Crippen MR) is 120 cm³/mol. The van der Waals surface area contributed by atoms with Gasteiger partial charge in [-0.15, -0.1) is 0 Å². The second-order valence-electron chi connectivity index (χ2n) is 6.40. The number of nitrogens with one attached hydrogen (secondary N) is 1. The number of anilines is 2. The van der Waals surface area contributed by atoms with Crippen molar-refractivity contribution in [2.75, 3.05) is 5.32 Å². The molecule has 7 heteroatoms. The van der Waals surface area contributed by atoms with Gasteiger partial charge in [0.2, 0.25) is 11.9 Å². The lowest BCUT2D eigenvalue weighted by Crippen LogP contribution is -2.10. The van der Waals surface area contributed by atoms with Gasteiger partial charge in [-0.05, 0) is 42.5 Å². The van der Waals surface area contributed by atoms with Crippen molar-refractivity contribution in [3.8, 4) is 22.8 Å². The molecule has 0 radical (unpaired) electrons. The van der Waals surface area contributed by atoms with E-state index in [0.29, 0.717) is 28.7 Å². The highest BCUT2D eigenvalue weighted by atomic mass is 79.9. The fourth-order valence-corrected chi connectivity index (χ4v) is 3.07. The van der Waals surface area contributed by atoms with Crippen LogP contribution in [-0.2, 0) is 0 Å². The molecule has 1 heterocycles. The molecule has 1 aromatic heterocycles.